The minimum absolute atomic E-state index is 0. The molecule has 0 aromatic heterocycles. The molecule has 1 aromatic rings. The van der Waals surface area contributed by atoms with Crippen molar-refractivity contribution in [3.63, 3.8) is 0 Å². The summed E-state index contributed by atoms with van der Waals surface area (Å²) in [6.45, 7) is 0. The number of phenols is 1. The van der Waals surface area contributed by atoms with Gasteiger partial charge in [0.15, 0.2) is 0 Å². The number of rotatable bonds is 1. The van der Waals surface area contributed by atoms with E-state index in [1.165, 1.54) is 6.07 Å². The Morgan fingerprint density at radius 1 is 1.38 bits per heavy atom. The first-order chi connectivity index (χ1) is 5.41. The van der Waals surface area contributed by atoms with Crippen LogP contribution in [0.5, 0.6) is 5.75 Å². The third kappa shape index (κ3) is 3.49. The summed E-state index contributed by atoms with van der Waals surface area (Å²) in [6, 6.07) is 3.36. The van der Waals surface area contributed by atoms with Crippen LogP contribution in [0, 0.1) is 0 Å². The van der Waals surface area contributed by atoms with E-state index < -0.39 is 10.1 Å². The molecule has 0 unspecified atom stereocenters. The largest absolute Gasteiger partial charge is 1.00 e. The molecule has 68 valence electrons. The Labute approximate surface area is 105 Å². The third-order valence-electron chi connectivity index (χ3n) is 1.24. The molecule has 0 fully saturated rings. The fraction of sp³-hybridized carbons (Fsp3) is 0. The maximum absolute atomic E-state index is 10.5. The summed E-state index contributed by atoms with van der Waals surface area (Å²) in [7, 11) is -4.24. The van der Waals surface area contributed by atoms with Crippen molar-refractivity contribution in [2.75, 3.05) is 0 Å². The summed E-state index contributed by atoms with van der Waals surface area (Å²) in [5.74, 6) is -0.284. The molecule has 0 aliphatic rings. The van der Waals surface area contributed by atoms with Crippen molar-refractivity contribution in [2.45, 2.75) is 9.79 Å². The van der Waals surface area contributed by atoms with E-state index in [-0.39, 0.29) is 46.5 Å². The first kappa shape index (κ1) is 13.3. The zero-order valence-electron chi connectivity index (χ0n) is 7.80. The number of hydrogen-bond donors (Lipinski definition) is 3. The Hall–Kier alpha value is 0.280. The van der Waals surface area contributed by atoms with Gasteiger partial charge >= 0.3 is 29.6 Å². The van der Waals surface area contributed by atoms with Crippen molar-refractivity contribution in [1.82, 2.24) is 0 Å². The van der Waals surface area contributed by atoms with Crippen molar-refractivity contribution in [2.24, 2.45) is 0 Å². The molecule has 13 heavy (non-hydrogen) atoms. The molecule has 0 spiro atoms. The summed E-state index contributed by atoms with van der Waals surface area (Å²) >= 11 is 3.81. The van der Waals surface area contributed by atoms with E-state index in [0.29, 0.717) is 0 Å². The molecular formula is C6H7NaO4S2. The predicted octanol–water partition coefficient (Wildman–Crippen LogP) is -1.96. The molecule has 0 bridgehead atoms. The van der Waals surface area contributed by atoms with Gasteiger partial charge in [-0.3, -0.25) is 4.55 Å². The topological polar surface area (TPSA) is 74.6 Å². The van der Waals surface area contributed by atoms with Gasteiger partial charge in [-0.1, -0.05) is 0 Å². The third-order valence-corrected chi connectivity index (χ3v) is 2.47. The van der Waals surface area contributed by atoms with Gasteiger partial charge in [0, 0.05) is 11.0 Å². The first-order valence-electron chi connectivity index (χ1n) is 2.91. The summed E-state index contributed by atoms with van der Waals surface area (Å²) in [5, 5.41) is 9.01. The molecule has 0 aliphatic carbocycles. The van der Waals surface area contributed by atoms with Crippen LogP contribution in [0.3, 0.4) is 0 Å². The Bertz CT molecular complexity index is 406. The van der Waals surface area contributed by atoms with Crippen molar-refractivity contribution < 1.29 is 49.1 Å². The molecule has 0 heterocycles. The normalized spacial score (nSPS) is 10.6. The average Bonchev–Trinajstić information content (AvgIpc) is 1.92. The van der Waals surface area contributed by atoms with Crippen molar-refractivity contribution in [3.05, 3.63) is 18.2 Å². The molecule has 4 nitrogen and oxygen atoms in total. The molecule has 1 aromatic carbocycles. The van der Waals surface area contributed by atoms with Crippen LogP contribution < -0.4 is 29.6 Å². The second-order valence-electron chi connectivity index (χ2n) is 2.13. The van der Waals surface area contributed by atoms with Gasteiger partial charge in [0.05, 0.1) is 4.90 Å². The first-order valence-corrected chi connectivity index (χ1v) is 4.79. The van der Waals surface area contributed by atoms with Crippen LogP contribution in [0.2, 0.25) is 0 Å². The predicted molar refractivity (Wildman–Crippen MR) is 46.3 cm³/mol. The summed E-state index contributed by atoms with van der Waals surface area (Å²) in [4.78, 5) is -0.0970. The molecule has 0 amide bonds. The monoisotopic (exact) mass is 230 g/mol. The summed E-state index contributed by atoms with van der Waals surface area (Å²) < 4.78 is 29.6. The summed E-state index contributed by atoms with van der Waals surface area (Å²) in [6.07, 6.45) is 0. The van der Waals surface area contributed by atoms with Gasteiger partial charge in [-0.25, -0.2) is 0 Å². The van der Waals surface area contributed by atoms with Gasteiger partial charge in [0.1, 0.15) is 5.75 Å². The molecule has 0 aliphatic heterocycles. The molecule has 0 atom stereocenters. The van der Waals surface area contributed by atoms with Crippen LogP contribution in [0.15, 0.2) is 28.0 Å². The Kier molecular flexibility index (Phi) is 4.78. The van der Waals surface area contributed by atoms with Crippen molar-refractivity contribution in [1.29, 1.82) is 0 Å². The van der Waals surface area contributed by atoms with Gasteiger partial charge < -0.3 is 6.53 Å². The van der Waals surface area contributed by atoms with Crippen LogP contribution in [0.1, 0.15) is 1.43 Å². The molecule has 0 radical (unpaired) electrons. The second kappa shape index (κ2) is 4.68. The van der Waals surface area contributed by atoms with E-state index in [0.717, 1.165) is 12.1 Å². The molecule has 0 saturated carbocycles. The zero-order chi connectivity index (χ0) is 9.35. The zero-order valence-corrected chi connectivity index (χ0v) is 10.5. The van der Waals surface area contributed by atoms with Gasteiger partial charge in [-0.15, -0.1) is 12.6 Å². The maximum Gasteiger partial charge on any atom is 1.00 e. The van der Waals surface area contributed by atoms with E-state index in [1.807, 2.05) is 0 Å². The second-order valence-corrected chi connectivity index (χ2v) is 4.03. The van der Waals surface area contributed by atoms with Crippen LogP contribution in [-0.2, 0) is 10.1 Å². The maximum atomic E-state index is 10.5. The SMILES string of the molecule is O=S(=O)(O)c1ccc(S)c(O)c1.[H-].[Na+]. The Balaban J connectivity index is 0. The molecule has 2 N–H and O–H groups in total. The van der Waals surface area contributed by atoms with Gasteiger partial charge in [-0.2, -0.15) is 8.42 Å². The van der Waals surface area contributed by atoms with Gasteiger partial charge in [0.25, 0.3) is 10.1 Å². The fourth-order valence-corrected chi connectivity index (χ4v) is 1.30. The van der Waals surface area contributed by atoms with E-state index in [4.69, 9.17) is 9.66 Å². The quantitative estimate of drug-likeness (QED) is 0.298. The number of benzene rings is 1. The van der Waals surface area contributed by atoms with E-state index >= 15 is 0 Å². The van der Waals surface area contributed by atoms with Gasteiger partial charge in [-0.05, 0) is 12.1 Å². The smallest absolute Gasteiger partial charge is 1.00 e. The van der Waals surface area contributed by atoms with Crippen LogP contribution in [0.4, 0.5) is 0 Å². The standard InChI is InChI=1S/C6H6O4S2.Na.H/c7-5-3-4(12(8,9)10)1-2-6(5)11;;/h1-3,7,11H,(H,8,9,10);;/q;+1;-1. The van der Waals surface area contributed by atoms with E-state index in [2.05, 4.69) is 12.6 Å². The molecule has 0 saturated heterocycles. The van der Waals surface area contributed by atoms with E-state index in [1.54, 1.807) is 0 Å². The number of aromatic hydroxyl groups is 1. The van der Waals surface area contributed by atoms with Crippen LogP contribution in [0.25, 0.3) is 0 Å². The molecule has 7 heteroatoms. The molecule has 1 rings (SSSR count). The Morgan fingerprint density at radius 3 is 2.31 bits per heavy atom. The number of thiol groups is 1. The molecular weight excluding hydrogens is 223 g/mol. The average molecular weight is 230 g/mol. The van der Waals surface area contributed by atoms with E-state index in [9.17, 15) is 8.42 Å². The van der Waals surface area contributed by atoms with Crippen molar-refractivity contribution in [3.8, 4) is 5.75 Å². The number of phenolic OH excluding ortho intramolecular Hbond substituents is 1. The minimum atomic E-state index is -4.24. The number of hydrogen-bond acceptors (Lipinski definition) is 4. The minimum Gasteiger partial charge on any atom is -1.00 e. The summed E-state index contributed by atoms with van der Waals surface area (Å²) in [5.41, 5.74) is 0. The van der Waals surface area contributed by atoms with Gasteiger partial charge in [0.2, 0.25) is 0 Å². The van der Waals surface area contributed by atoms with Crippen LogP contribution >= 0.6 is 12.6 Å². The fourth-order valence-electron chi connectivity index (χ4n) is 0.664. The van der Waals surface area contributed by atoms with Crippen LogP contribution in [-0.4, -0.2) is 18.1 Å². The van der Waals surface area contributed by atoms with Crippen molar-refractivity contribution >= 4 is 22.7 Å². The Morgan fingerprint density at radius 2 is 1.92 bits per heavy atom.